The van der Waals surface area contributed by atoms with E-state index in [1.54, 1.807) is 0 Å². The summed E-state index contributed by atoms with van der Waals surface area (Å²) in [4.78, 5) is 4.34. The van der Waals surface area contributed by atoms with Gasteiger partial charge in [-0.3, -0.25) is 0 Å². The fraction of sp³-hybridized carbons (Fsp3) is 0.750. The van der Waals surface area contributed by atoms with Crippen LogP contribution in [0.25, 0.3) is 0 Å². The first-order valence-corrected chi connectivity index (χ1v) is 6.21. The molecule has 1 aliphatic rings. The maximum absolute atomic E-state index is 5.72. The summed E-state index contributed by atoms with van der Waals surface area (Å²) in [6, 6.07) is 0.365. The number of imidazole rings is 1. The van der Waals surface area contributed by atoms with Crippen LogP contribution in [0.5, 0.6) is 0 Å². The van der Waals surface area contributed by atoms with Crippen molar-refractivity contribution in [2.24, 2.45) is 0 Å². The lowest BCUT2D eigenvalue weighted by molar-refractivity contribution is 0.0738. The number of rotatable bonds is 5. The Hall–Kier alpha value is -1.03. The van der Waals surface area contributed by atoms with Crippen molar-refractivity contribution < 1.29 is 4.74 Å². The Kier molecular flexibility index (Phi) is 3.83. The third-order valence-electron chi connectivity index (χ3n) is 3.14. The summed E-state index contributed by atoms with van der Waals surface area (Å²) >= 11 is 0. The van der Waals surface area contributed by atoms with E-state index in [1.165, 1.54) is 6.42 Å². The van der Waals surface area contributed by atoms with Gasteiger partial charge < -0.3 is 14.6 Å². The molecule has 0 bridgehead atoms. The van der Waals surface area contributed by atoms with E-state index in [0.717, 1.165) is 31.9 Å². The van der Waals surface area contributed by atoms with Gasteiger partial charge in [-0.25, -0.2) is 4.98 Å². The molecule has 1 N–H and O–H groups in total. The van der Waals surface area contributed by atoms with Crippen LogP contribution >= 0.6 is 0 Å². The molecule has 2 heterocycles. The number of hydrogen-bond donors (Lipinski definition) is 1. The van der Waals surface area contributed by atoms with Crippen molar-refractivity contribution >= 4 is 5.95 Å². The van der Waals surface area contributed by atoms with E-state index in [9.17, 15) is 0 Å². The van der Waals surface area contributed by atoms with E-state index in [0.29, 0.717) is 12.1 Å². The minimum absolute atomic E-state index is 0.344. The van der Waals surface area contributed by atoms with Crippen LogP contribution < -0.4 is 5.32 Å². The number of hydrogen-bond acceptors (Lipinski definition) is 3. The molecular formula is C12H21N3O. The second-order valence-electron chi connectivity index (χ2n) is 4.38. The highest BCUT2D eigenvalue weighted by atomic mass is 16.5. The lowest BCUT2D eigenvalue weighted by Gasteiger charge is -2.22. The molecule has 1 aromatic heterocycles. The number of nitrogens with one attached hydrogen (secondary N) is 1. The number of anilines is 1. The molecule has 0 saturated carbocycles. The first-order chi connectivity index (χ1) is 7.83. The Labute approximate surface area is 97.0 Å². The molecule has 2 unspecified atom stereocenters. The summed E-state index contributed by atoms with van der Waals surface area (Å²) < 4.78 is 7.91. The molecule has 1 aliphatic heterocycles. The van der Waals surface area contributed by atoms with E-state index in [4.69, 9.17) is 4.74 Å². The van der Waals surface area contributed by atoms with Crippen LogP contribution in [-0.4, -0.2) is 28.8 Å². The van der Waals surface area contributed by atoms with Crippen molar-refractivity contribution in [1.29, 1.82) is 0 Å². The van der Waals surface area contributed by atoms with E-state index >= 15 is 0 Å². The molecule has 4 nitrogen and oxygen atoms in total. The van der Waals surface area contributed by atoms with Crippen molar-refractivity contribution in [1.82, 2.24) is 9.55 Å². The standard InChI is InChI=1S/C12H21N3O/c1-3-6-13-12-14-7-8-15(12)10(2)11-5-4-9-16-11/h7-8,10-11H,3-6,9H2,1-2H3,(H,13,14). The molecule has 4 heteroatoms. The van der Waals surface area contributed by atoms with Gasteiger partial charge in [0.1, 0.15) is 0 Å². The highest BCUT2D eigenvalue weighted by Crippen LogP contribution is 2.26. The van der Waals surface area contributed by atoms with Crippen LogP contribution in [0.4, 0.5) is 5.95 Å². The van der Waals surface area contributed by atoms with Gasteiger partial charge in [-0.2, -0.15) is 0 Å². The van der Waals surface area contributed by atoms with Crippen LogP contribution in [0, 0.1) is 0 Å². The molecule has 0 aromatic carbocycles. The molecule has 1 aromatic rings. The normalized spacial score (nSPS) is 22.2. The number of ether oxygens (including phenoxy) is 1. The van der Waals surface area contributed by atoms with Crippen molar-refractivity contribution in [2.45, 2.75) is 45.3 Å². The lowest BCUT2D eigenvalue weighted by atomic mass is 10.1. The van der Waals surface area contributed by atoms with Gasteiger partial charge in [-0.15, -0.1) is 0 Å². The zero-order chi connectivity index (χ0) is 11.4. The minimum atomic E-state index is 0.344. The summed E-state index contributed by atoms with van der Waals surface area (Å²) in [5.74, 6) is 0.963. The first kappa shape index (κ1) is 11.5. The average Bonchev–Trinajstić information content (AvgIpc) is 2.96. The molecule has 0 aliphatic carbocycles. The Balaban J connectivity index is 2.03. The average molecular weight is 223 g/mol. The van der Waals surface area contributed by atoms with Gasteiger partial charge >= 0.3 is 0 Å². The molecule has 2 atom stereocenters. The van der Waals surface area contributed by atoms with Gasteiger partial charge in [0.15, 0.2) is 0 Å². The van der Waals surface area contributed by atoms with Crippen LogP contribution in [0.1, 0.15) is 39.2 Å². The predicted molar refractivity (Wildman–Crippen MR) is 64.7 cm³/mol. The van der Waals surface area contributed by atoms with Crippen molar-refractivity contribution in [3.63, 3.8) is 0 Å². The van der Waals surface area contributed by atoms with Gasteiger partial charge in [0.25, 0.3) is 0 Å². The highest BCUT2D eigenvalue weighted by molar-refractivity contribution is 5.26. The van der Waals surface area contributed by atoms with Crippen molar-refractivity contribution in [2.75, 3.05) is 18.5 Å². The zero-order valence-corrected chi connectivity index (χ0v) is 10.1. The van der Waals surface area contributed by atoms with Crippen LogP contribution in [0.2, 0.25) is 0 Å². The lowest BCUT2D eigenvalue weighted by Crippen LogP contribution is -2.22. The fourth-order valence-corrected chi connectivity index (χ4v) is 2.18. The van der Waals surface area contributed by atoms with Crippen LogP contribution in [-0.2, 0) is 4.74 Å². The largest absolute Gasteiger partial charge is 0.376 e. The smallest absolute Gasteiger partial charge is 0.203 e. The Morgan fingerprint density at radius 1 is 1.69 bits per heavy atom. The first-order valence-electron chi connectivity index (χ1n) is 6.21. The molecule has 90 valence electrons. The molecule has 0 spiro atoms. The molecule has 0 radical (unpaired) electrons. The molecule has 2 rings (SSSR count). The van der Waals surface area contributed by atoms with E-state index in [1.807, 2.05) is 12.4 Å². The Bertz CT molecular complexity index is 318. The molecule has 1 saturated heterocycles. The summed E-state index contributed by atoms with van der Waals surface area (Å²) in [6.45, 7) is 6.23. The maximum atomic E-state index is 5.72. The highest BCUT2D eigenvalue weighted by Gasteiger charge is 2.24. The SMILES string of the molecule is CCCNc1nccn1C(C)C1CCCO1. The molecule has 1 fully saturated rings. The van der Waals surface area contributed by atoms with E-state index in [2.05, 4.69) is 28.7 Å². The second-order valence-corrected chi connectivity index (χ2v) is 4.38. The summed E-state index contributed by atoms with van der Waals surface area (Å²) in [5.41, 5.74) is 0. The Morgan fingerprint density at radius 2 is 2.56 bits per heavy atom. The molecule has 0 amide bonds. The minimum Gasteiger partial charge on any atom is -0.376 e. The van der Waals surface area contributed by atoms with Crippen molar-refractivity contribution in [3.05, 3.63) is 12.4 Å². The quantitative estimate of drug-likeness (QED) is 0.833. The monoisotopic (exact) mass is 223 g/mol. The van der Waals surface area contributed by atoms with Gasteiger partial charge in [0, 0.05) is 25.5 Å². The number of nitrogens with zero attached hydrogens (tertiary/aromatic N) is 2. The summed E-state index contributed by atoms with van der Waals surface area (Å²) in [7, 11) is 0. The van der Waals surface area contributed by atoms with Gasteiger partial charge in [0.2, 0.25) is 5.95 Å². The second kappa shape index (κ2) is 5.34. The summed E-state index contributed by atoms with van der Waals surface area (Å²) in [5, 5.41) is 3.34. The summed E-state index contributed by atoms with van der Waals surface area (Å²) in [6.07, 6.45) is 7.68. The molecule has 16 heavy (non-hydrogen) atoms. The van der Waals surface area contributed by atoms with E-state index < -0.39 is 0 Å². The topological polar surface area (TPSA) is 39.1 Å². The predicted octanol–water partition coefficient (Wildman–Crippen LogP) is 2.45. The van der Waals surface area contributed by atoms with Gasteiger partial charge in [-0.05, 0) is 26.2 Å². The zero-order valence-electron chi connectivity index (χ0n) is 10.1. The fourth-order valence-electron chi connectivity index (χ4n) is 2.18. The maximum Gasteiger partial charge on any atom is 0.203 e. The van der Waals surface area contributed by atoms with Gasteiger partial charge in [0.05, 0.1) is 12.1 Å². The third kappa shape index (κ3) is 2.38. The van der Waals surface area contributed by atoms with E-state index in [-0.39, 0.29) is 0 Å². The molecular weight excluding hydrogens is 202 g/mol. The number of aromatic nitrogens is 2. The third-order valence-corrected chi connectivity index (χ3v) is 3.14. The van der Waals surface area contributed by atoms with Gasteiger partial charge in [-0.1, -0.05) is 6.92 Å². The van der Waals surface area contributed by atoms with Crippen LogP contribution in [0.15, 0.2) is 12.4 Å². The Morgan fingerprint density at radius 3 is 3.25 bits per heavy atom. The van der Waals surface area contributed by atoms with Crippen LogP contribution in [0.3, 0.4) is 0 Å². The van der Waals surface area contributed by atoms with Crippen molar-refractivity contribution in [3.8, 4) is 0 Å².